The van der Waals surface area contributed by atoms with Crippen molar-refractivity contribution in [1.82, 2.24) is 9.97 Å². The number of fused-ring (bicyclic) bond motifs is 4. The van der Waals surface area contributed by atoms with Crippen LogP contribution in [0.15, 0.2) is 72.4 Å². The molecule has 2 heterocycles. The maximum atomic E-state index is 13.5. The number of aryl methyl sites for hydroxylation is 2. The Labute approximate surface area is 211 Å². The van der Waals surface area contributed by atoms with E-state index in [2.05, 4.69) is 38.9 Å². The van der Waals surface area contributed by atoms with E-state index >= 15 is 0 Å². The molecule has 0 bridgehead atoms. The first-order valence-corrected chi connectivity index (χ1v) is 13.0. The Morgan fingerprint density at radius 1 is 0.750 bits per heavy atom. The summed E-state index contributed by atoms with van der Waals surface area (Å²) >= 11 is 1.58. The predicted molar refractivity (Wildman–Crippen MR) is 143 cm³/mol. The van der Waals surface area contributed by atoms with E-state index in [0.717, 1.165) is 34.2 Å². The van der Waals surface area contributed by atoms with Gasteiger partial charge in [0.25, 0.3) is 0 Å². The van der Waals surface area contributed by atoms with Crippen LogP contribution >= 0.6 is 11.3 Å². The summed E-state index contributed by atoms with van der Waals surface area (Å²) in [6, 6.07) is 19.1. The normalized spacial score (nSPS) is 14.3. The Bertz CT molecular complexity index is 1720. The molecule has 174 valence electrons. The number of carbonyl (C=O) groups excluding carboxylic acids is 2. The number of ketones is 2. The second-order valence-electron chi connectivity index (χ2n) is 9.30. The Hall–Kier alpha value is -4.16. The number of hydrogen-bond acceptors (Lipinski definition) is 6. The highest BCUT2D eigenvalue weighted by atomic mass is 32.1. The van der Waals surface area contributed by atoms with Crippen molar-refractivity contribution in [2.75, 3.05) is 5.32 Å². The average molecular weight is 488 g/mol. The van der Waals surface area contributed by atoms with E-state index < -0.39 is 0 Å². The first-order chi connectivity index (χ1) is 17.7. The second-order valence-corrected chi connectivity index (χ2v) is 10.2. The summed E-state index contributed by atoms with van der Waals surface area (Å²) in [5.74, 6) is 0.331. The van der Waals surface area contributed by atoms with Gasteiger partial charge in [-0.2, -0.15) is 0 Å². The molecule has 0 fully saturated rings. The van der Waals surface area contributed by atoms with Gasteiger partial charge in [-0.3, -0.25) is 9.59 Å². The van der Waals surface area contributed by atoms with Gasteiger partial charge in [-0.05, 0) is 48.4 Å². The smallest absolute Gasteiger partial charge is 0.196 e. The fraction of sp³-hybridized carbons (Fsp3) is 0.133. The van der Waals surface area contributed by atoms with Gasteiger partial charge < -0.3 is 5.32 Å². The molecule has 2 aliphatic carbocycles. The fourth-order valence-corrected chi connectivity index (χ4v) is 6.38. The number of thiophene rings is 1. The van der Waals surface area contributed by atoms with Gasteiger partial charge in [0, 0.05) is 27.6 Å². The summed E-state index contributed by atoms with van der Waals surface area (Å²) in [6.45, 7) is 0. The topological polar surface area (TPSA) is 72.0 Å². The van der Waals surface area contributed by atoms with Crippen molar-refractivity contribution in [2.45, 2.75) is 25.7 Å². The highest BCUT2D eigenvalue weighted by Gasteiger charge is 2.31. The summed E-state index contributed by atoms with van der Waals surface area (Å²) in [5, 5.41) is 6.45. The molecule has 0 unspecified atom stereocenters. The lowest BCUT2D eigenvalue weighted by Crippen LogP contribution is -2.22. The number of carbonyl (C=O) groups is 2. The molecule has 0 aliphatic heterocycles. The SMILES string of the molecule is O=C1c2ccccc2C(=O)c2c(Nc3ncnc4scc(-c5ccc6c(c5)CCCC6)c34)cccc21. The lowest BCUT2D eigenvalue weighted by Gasteiger charge is -2.21. The lowest BCUT2D eigenvalue weighted by atomic mass is 9.83. The molecule has 0 amide bonds. The zero-order valence-electron chi connectivity index (χ0n) is 19.4. The van der Waals surface area contributed by atoms with Crippen molar-refractivity contribution in [3.8, 4) is 11.1 Å². The molecule has 2 aliphatic rings. The van der Waals surface area contributed by atoms with Gasteiger partial charge in [0.05, 0.1) is 16.6 Å². The van der Waals surface area contributed by atoms with Crippen molar-refractivity contribution >= 4 is 44.6 Å². The van der Waals surface area contributed by atoms with Gasteiger partial charge in [-0.1, -0.05) is 54.6 Å². The molecular formula is C30H21N3O2S. The molecule has 7 rings (SSSR count). The third kappa shape index (κ3) is 3.22. The molecule has 0 saturated heterocycles. The number of hydrogen-bond donors (Lipinski definition) is 1. The van der Waals surface area contributed by atoms with Gasteiger partial charge in [0.2, 0.25) is 0 Å². The molecule has 0 spiro atoms. The summed E-state index contributed by atoms with van der Waals surface area (Å²) in [6.07, 6.45) is 6.27. The number of rotatable bonds is 3. The van der Waals surface area contributed by atoms with Crippen LogP contribution in [0.3, 0.4) is 0 Å². The van der Waals surface area contributed by atoms with Crippen LogP contribution in [0.5, 0.6) is 0 Å². The van der Waals surface area contributed by atoms with Crippen LogP contribution < -0.4 is 5.32 Å². The van der Waals surface area contributed by atoms with Gasteiger partial charge in [-0.15, -0.1) is 11.3 Å². The standard InChI is InChI=1S/C30H21N3O2S/c34-27-20-8-3-4-9-21(20)28(35)25-22(27)10-5-11-24(25)33-29-26-23(15-36-30(26)32-16-31-29)19-13-12-17-6-1-2-7-18(17)14-19/h3-5,8-16H,1-2,6-7H2,(H,31,32,33). The number of nitrogens with one attached hydrogen (secondary N) is 1. The monoisotopic (exact) mass is 487 g/mol. The van der Waals surface area contributed by atoms with Crippen LogP contribution in [0.25, 0.3) is 21.3 Å². The van der Waals surface area contributed by atoms with Crippen LogP contribution in [0.4, 0.5) is 11.5 Å². The van der Waals surface area contributed by atoms with Crippen LogP contribution in [0.2, 0.25) is 0 Å². The summed E-state index contributed by atoms with van der Waals surface area (Å²) in [4.78, 5) is 36.6. The maximum absolute atomic E-state index is 13.5. The van der Waals surface area contributed by atoms with Gasteiger partial charge in [0.1, 0.15) is 17.0 Å². The molecule has 1 N–H and O–H groups in total. The Balaban J connectivity index is 1.35. The molecule has 5 nitrogen and oxygen atoms in total. The maximum Gasteiger partial charge on any atom is 0.196 e. The minimum atomic E-state index is -0.158. The third-order valence-corrected chi connectivity index (χ3v) is 8.12. The zero-order chi connectivity index (χ0) is 24.2. The van der Waals surface area contributed by atoms with Crippen molar-refractivity contribution in [3.05, 3.63) is 106 Å². The van der Waals surface area contributed by atoms with E-state index in [1.54, 1.807) is 47.7 Å². The largest absolute Gasteiger partial charge is 0.339 e. The number of aromatic nitrogens is 2. The van der Waals surface area contributed by atoms with Crippen LogP contribution in [0.1, 0.15) is 55.8 Å². The summed E-state index contributed by atoms with van der Waals surface area (Å²) < 4.78 is 0. The lowest BCUT2D eigenvalue weighted by molar-refractivity contribution is 0.0979. The molecule has 0 atom stereocenters. The molecular weight excluding hydrogens is 466 g/mol. The average Bonchev–Trinajstić information content (AvgIpc) is 3.37. The number of benzene rings is 3. The Kier molecular flexibility index (Phi) is 4.82. The number of nitrogens with zero attached hydrogens (tertiary/aromatic N) is 2. The zero-order valence-corrected chi connectivity index (χ0v) is 20.2. The highest BCUT2D eigenvalue weighted by molar-refractivity contribution is 7.17. The van der Waals surface area contributed by atoms with E-state index in [1.165, 1.54) is 30.3 Å². The van der Waals surface area contributed by atoms with Crippen molar-refractivity contribution in [1.29, 1.82) is 0 Å². The number of anilines is 2. The van der Waals surface area contributed by atoms with Crippen molar-refractivity contribution in [2.24, 2.45) is 0 Å². The Morgan fingerprint density at radius 3 is 2.39 bits per heavy atom. The molecule has 6 heteroatoms. The molecule has 36 heavy (non-hydrogen) atoms. The predicted octanol–water partition coefficient (Wildman–Crippen LogP) is 6.76. The van der Waals surface area contributed by atoms with E-state index in [1.807, 2.05) is 6.07 Å². The van der Waals surface area contributed by atoms with Crippen LogP contribution in [-0.4, -0.2) is 21.5 Å². The molecule has 0 radical (unpaired) electrons. The van der Waals surface area contributed by atoms with Gasteiger partial charge in [-0.25, -0.2) is 9.97 Å². The minimum Gasteiger partial charge on any atom is -0.339 e. The molecule has 2 aromatic heterocycles. The molecule has 3 aromatic carbocycles. The quantitative estimate of drug-likeness (QED) is 0.299. The molecule has 5 aromatic rings. The first-order valence-electron chi connectivity index (χ1n) is 12.1. The Morgan fingerprint density at radius 2 is 1.53 bits per heavy atom. The van der Waals surface area contributed by atoms with E-state index in [0.29, 0.717) is 33.8 Å². The highest BCUT2D eigenvalue weighted by Crippen LogP contribution is 2.40. The van der Waals surface area contributed by atoms with E-state index in [9.17, 15) is 9.59 Å². The second kappa shape index (κ2) is 8.21. The minimum absolute atomic E-state index is 0.137. The fourth-order valence-electron chi connectivity index (χ4n) is 5.46. The molecule has 0 saturated carbocycles. The van der Waals surface area contributed by atoms with Gasteiger partial charge in [0.15, 0.2) is 11.6 Å². The van der Waals surface area contributed by atoms with Crippen LogP contribution in [0, 0.1) is 0 Å². The summed E-state index contributed by atoms with van der Waals surface area (Å²) in [7, 11) is 0. The summed E-state index contributed by atoms with van der Waals surface area (Å²) in [5.41, 5.74) is 7.34. The van der Waals surface area contributed by atoms with Crippen molar-refractivity contribution < 1.29 is 9.59 Å². The van der Waals surface area contributed by atoms with E-state index in [4.69, 9.17) is 0 Å². The third-order valence-electron chi connectivity index (χ3n) is 7.24. The van der Waals surface area contributed by atoms with Crippen molar-refractivity contribution in [3.63, 3.8) is 0 Å². The van der Waals surface area contributed by atoms with Crippen LogP contribution in [-0.2, 0) is 12.8 Å². The van der Waals surface area contributed by atoms with Gasteiger partial charge >= 0.3 is 0 Å². The van der Waals surface area contributed by atoms with E-state index in [-0.39, 0.29) is 11.6 Å². The first kappa shape index (κ1) is 21.1.